The zero-order chi connectivity index (χ0) is 19.2. The van der Waals surface area contributed by atoms with Gasteiger partial charge >= 0.3 is 6.18 Å². The fourth-order valence-corrected chi connectivity index (χ4v) is 2.37. The van der Waals surface area contributed by atoms with E-state index in [-0.39, 0.29) is 12.5 Å². The number of hydrogen-bond acceptors (Lipinski definition) is 3. The van der Waals surface area contributed by atoms with Crippen LogP contribution in [0.4, 0.5) is 13.2 Å². The average molecular weight is 367 g/mol. The minimum absolute atomic E-state index is 0.159. The number of methoxy groups -OCH3 is 1. The predicted octanol–water partition coefficient (Wildman–Crippen LogP) is 4.05. The van der Waals surface area contributed by atoms with Crippen molar-refractivity contribution in [2.45, 2.75) is 19.3 Å². The van der Waals surface area contributed by atoms with Crippen LogP contribution < -0.4 is 4.74 Å². The van der Waals surface area contributed by atoms with E-state index in [1.165, 1.54) is 0 Å². The zero-order valence-electron chi connectivity index (χ0n) is 14.5. The van der Waals surface area contributed by atoms with Gasteiger partial charge in [0.05, 0.1) is 13.7 Å². The van der Waals surface area contributed by atoms with Gasteiger partial charge in [-0.05, 0) is 35.4 Å². The van der Waals surface area contributed by atoms with Gasteiger partial charge in [0, 0.05) is 19.2 Å². The van der Waals surface area contributed by atoms with Gasteiger partial charge in [-0.3, -0.25) is 4.79 Å². The Morgan fingerprint density at radius 2 is 1.77 bits per heavy atom. The molecule has 0 aliphatic carbocycles. The summed E-state index contributed by atoms with van der Waals surface area (Å²) in [6.45, 7) is -1.04. The Labute approximate surface area is 150 Å². The lowest BCUT2D eigenvalue weighted by molar-refractivity contribution is -0.176. The molecule has 0 atom stereocenters. The minimum Gasteiger partial charge on any atom is -0.497 e. The Hall–Kier alpha value is -2.54. The van der Waals surface area contributed by atoms with Crippen LogP contribution >= 0.6 is 0 Å². The van der Waals surface area contributed by atoms with Crippen LogP contribution in [0.2, 0.25) is 0 Å². The van der Waals surface area contributed by atoms with Gasteiger partial charge in [-0.1, -0.05) is 24.3 Å². The van der Waals surface area contributed by atoms with Crippen molar-refractivity contribution in [1.29, 1.82) is 0 Å². The Bertz CT molecular complexity index is 730. The van der Waals surface area contributed by atoms with Crippen LogP contribution in [0, 0.1) is 0 Å². The molecule has 0 radical (unpaired) electrons. The molecule has 0 aliphatic rings. The number of hydrogen-bond donors (Lipinski definition) is 0. The second-order valence-electron chi connectivity index (χ2n) is 5.82. The van der Waals surface area contributed by atoms with Gasteiger partial charge in [0.2, 0.25) is 0 Å². The highest BCUT2D eigenvalue weighted by Gasteiger charge is 2.27. The predicted molar refractivity (Wildman–Crippen MR) is 90.9 cm³/mol. The van der Waals surface area contributed by atoms with Gasteiger partial charge in [0.1, 0.15) is 12.4 Å². The second-order valence-corrected chi connectivity index (χ2v) is 5.82. The molecule has 2 aromatic rings. The zero-order valence-corrected chi connectivity index (χ0v) is 14.5. The van der Waals surface area contributed by atoms with Crippen LogP contribution in [0.3, 0.4) is 0 Å². The lowest BCUT2D eigenvalue weighted by Crippen LogP contribution is -2.26. The first-order valence-corrected chi connectivity index (χ1v) is 7.90. The molecule has 1 amide bonds. The summed E-state index contributed by atoms with van der Waals surface area (Å²) in [6, 6.07) is 13.8. The van der Waals surface area contributed by atoms with E-state index in [1.807, 2.05) is 24.3 Å². The van der Waals surface area contributed by atoms with Crippen LogP contribution in [0.25, 0.3) is 0 Å². The van der Waals surface area contributed by atoms with Gasteiger partial charge in [-0.2, -0.15) is 13.2 Å². The summed E-state index contributed by atoms with van der Waals surface area (Å²) >= 11 is 0. The smallest absolute Gasteiger partial charge is 0.411 e. The van der Waals surface area contributed by atoms with Gasteiger partial charge in [0.15, 0.2) is 0 Å². The number of alkyl halides is 3. The fourth-order valence-electron chi connectivity index (χ4n) is 2.37. The summed E-state index contributed by atoms with van der Waals surface area (Å²) in [7, 11) is 3.26. The molecule has 0 N–H and O–H groups in total. The van der Waals surface area contributed by atoms with Crippen LogP contribution in [0.15, 0.2) is 48.5 Å². The van der Waals surface area contributed by atoms with E-state index in [2.05, 4.69) is 4.74 Å². The maximum atomic E-state index is 12.5. The van der Waals surface area contributed by atoms with E-state index < -0.39 is 12.8 Å². The second kappa shape index (κ2) is 8.71. The van der Waals surface area contributed by atoms with Gasteiger partial charge in [0.25, 0.3) is 5.91 Å². The molecule has 0 aromatic heterocycles. The topological polar surface area (TPSA) is 38.8 Å². The van der Waals surface area contributed by atoms with Crippen LogP contribution in [-0.4, -0.2) is 37.7 Å². The van der Waals surface area contributed by atoms with E-state index >= 15 is 0 Å². The third kappa shape index (κ3) is 6.07. The molecular formula is C19H20F3NO3. The summed E-state index contributed by atoms with van der Waals surface area (Å²) < 4.78 is 45.9. The molecule has 4 nitrogen and oxygen atoms in total. The first-order chi connectivity index (χ1) is 12.3. The largest absolute Gasteiger partial charge is 0.497 e. The van der Waals surface area contributed by atoms with Gasteiger partial charge in [-0.25, -0.2) is 0 Å². The van der Waals surface area contributed by atoms with Gasteiger partial charge in [-0.15, -0.1) is 0 Å². The van der Waals surface area contributed by atoms with Crippen molar-refractivity contribution >= 4 is 5.91 Å². The maximum Gasteiger partial charge on any atom is 0.411 e. The van der Waals surface area contributed by atoms with E-state index in [9.17, 15) is 18.0 Å². The number of benzene rings is 2. The molecule has 7 heteroatoms. The number of rotatable bonds is 7. The lowest BCUT2D eigenvalue weighted by Gasteiger charge is -2.18. The summed E-state index contributed by atoms with van der Waals surface area (Å²) in [4.78, 5) is 14.0. The maximum absolute atomic E-state index is 12.5. The molecule has 26 heavy (non-hydrogen) atoms. The fraction of sp³-hybridized carbons (Fsp3) is 0.316. The molecule has 2 aromatic carbocycles. The van der Waals surface area contributed by atoms with E-state index in [4.69, 9.17) is 4.74 Å². The first kappa shape index (κ1) is 19.8. The van der Waals surface area contributed by atoms with Gasteiger partial charge < -0.3 is 14.4 Å². The van der Waals surface area contributed by atoms with E-state index in [0.717, 1.165) is 5.56 Å². The molecule has 0 spiro atoms. The van der Waals surface area contributed by atoms with Crippen molar-refractivity contribution in [3.05, 3.63) is 65.2 Å². The number of amides is 1. The van der Waals surface area contributed by atoms with Crippen molar-refractivity contribution in [1.82, 2.24) is 4.90 Å². The van der Waals surface area contributed by atoms with Crippen molar-refractivity contribution in [3.63, 3.8) is 0 Å². The van der Waals surface area contributed by atoms with Crippen molar-refractivity contribution in [2.24, 2.45) is 0 Å². The first-order valence-electron chi connectivity index (χ1n) is 7.90. The Kier molecular flexibility index (Phi) is 6.63. The van der Waals surface area contributed by atoms with Crippen LogP contribution in [-0.2, 0) is 17.9 Å². The molecule has 0 aliphatic heterocycles. The number of carbonyl (C=O) groups excluding carboxylic acids is 1. The van der Waals surface area contributed by atoms with Crippen LogP contribution in [0.1, 0.15) is 21.5 Å². The Morgan fingerprint density at radius 3 is 2.38 bits per heavy atom. The molecule has 0 heterocycles. The molecule has 2 rings (SSSR count). The number of nitrogens with zero attached hydrogens (tertiary/aromatic N) is 1. The number of halogens is 3. The summed E-state index contributed by atoms with van der Waals surface area (Å²) in [5, 5.41) is 0. The SMILES string of the molecule is COc1cccc(CN(C)C(=O)c2ccc(COCC(F)(F)F)cc2)c1. The van der Waals surface area contributed by atoms with E-state index in [1.54, 1.807) is 43.3 Å². The van der Waals surface area contributed by atoms with E-state index in [0.29, 0.717) is 23.4 Å². The normalized spacial score (nSPS) is 11.3. The molecule has 0 fully saturated rings. The minimum atomic E-state index is -4.35. The molecule has 0 saturated heterocycles. The monoisotopic (exact) mass is 367 g/mol. The Morgan fingerprint density at radius 1 is 1.08 bits per heavy atom. The summed E-state index contributed by atoms with van der Waals surface area (Å²) in [5.41, 5.74) is 1.95. The third-order valence-corrected chi connectivity index (χ3v) is 3.64. The lowest BCUT2D eigenvalue weighted by atomic mass is 10.1. The molecule has 140 valence electrons. The van der Waals surface area contributed by atoms with Crippen LogP contribution in [0.5, 0.6) is 5.75 Å². The van der Waals surface area contributed by atoms with Crippen molar-refractivity contribution < 1.29 is 27.4 Å². The quantitative estimate of drug-likeness (QED) is 0.741. The molecular weight excluding hydrogens is 347 g/mol. The molecule has 0 unspecified atom stereocenters. The number of ether oxygens (including phenoxy) is 2. The van der Waals surface area contributed by atoms with Crippen molar-refractivity contribution in [2.75, 3.05) is 20.8 Å². The molecule has 0 saturated carbocycles. The highest BCUT2D eigenvalue weighted by Crippen LogP contribution is 2.17. The molecule has 0 bridgehead atoms. The highest BCUT2D eigenvalue weighted by atomic mass is 19.4. The highest BCUT2D eigenvalue weighted by molar-refractivity contribution is 5.94. The Balaban J connectivity index is 1.93. The number of carbonyl (C=O) groups is 1. The third-order valence-electron chi connectivity index (χ3n) is 3.64. The standard InChI is InChI=1S/C19H20F3NO3/c1-23(11-15-4-3-5-17(10-15)25-2)18(24)16-8-6-14(7-9-16)12-26-13-19(20,21)22/h3-10H,11-13H2,1-2H3. The van der Waals surface area contributed by atoms with Crippen molar-refractivity contribution in [3.8, 4) is 5.75 Å². The summed E-state index contributed by atoms with van der Waals surface area (Å²) in [5.74, 6) is 0.530. The average Bonchev–Trinajstić information content (AvgIpc) is 2.60. The summed E-state index contributed by atoms with van der Waals surface area (Å²) in [6.07, 6.45) is -4.35.